The molecule has 5 fully saturated rings. The van der Waals surface area contributed by atoms with Crippen LogP contribution in [0.25, 0.3) is 0 Å². The van der Waals surface area contributed by atoms with Gasteiger partial charge in [-0.15, -0.1) is 0 Å². The van der Waals surface area contributed by atoms with E-state index < -0.39 is 0 Å². The fourth-order valence-corrected chi connectivity index (χ4v) is 5.56. The van der Waals surface area contributed by atoms with Gasteiger partial charge in [0.25, 0.3) is 0 Å². The van der Waals surface area contributed by atoms with Crippen molar-refractivity contribution >= 4 is 0 Å². The lowest BCUT2D eigenvalue weighted by Gasteiger charge is -2.56. The molecule has 2 heteroatoms. The molecule has 1 saturated heterocycles. The number of rotatable bonds is 1. The molecule has 1 heterocycles. The zero-order chi connectivity index (χ0) is 11.2. The summed E-state index contributed by atoms with van der Waals surface area (Å²) in [6, 6.07) is 0. The van der Waals surface area contributed by atoms with Crippen molar-refractivity contribution in [1.82, 2.24) is 5.32 Å². The van der Waals surface area contributed by atoms with Gasteiger partial charge in [0, 0.05) is 13.2 Å². The monoisotopic (exact) mass is 235 g/mol. The number of hydrogen-bond donors (Lipinski definition) is 1. The summed E-state index contributed by atoms with van der Waals surface area (Å²) in [4.78, 5) is 0. The third kappa shape index (κ3) is 1.84. The number of hydrogen-bond acceptors (Lipinski definition) is 2. The van der Waals surface area contributed by atoms with Crippen LogP contribution in [0.1, 0.15) is 38.5 Å². The zero-order valence-corrected chi connectivity index (χ0v) is 10.7. The maximum atomic E-state index is 6.17. The second-order valence-corrected chi connectivity index (χ2v) is 6.97. The summed E-state index contributed by atoms with van der Waals surface area (Å²) in [5, 5.41) is 3.58. The molecular weight excluding hydrogens is 210 g/mol. The zero-order valence-electron chi connectivity index (χ0n) is 10.7. The van der Waals surface area contributed by atoms with Crippen molar-refractivity contribution in [3.8, 4) is 0 Å². The summed E-state index contributed by atoms with van der Waals surface area (Å²) in [5.41, 5.74) is 0. The first-order chi connectivity index (χ1) is 8.40. The Balaban J connectivity index is 1.53. The molecule has 5 aliphatic rings. The summed E-state index contributed by atoms with van der Waals surface area (Å²) < 4.78 is 6.17. The van der Waals surface area contributed by atoms with E-state index in [9.17, 15) is 0 Å². The fraction of sp³-hybridized carbons (Fsp3) is 1.00. The van der Waals surface area contributed by atoms with Crippen molar-refractivity contribution in [3.63, 3.8) is 0 Å². The van der Waals surface area contributed by atoms with E-state index in [1.807, 2.05) is 0 Å². The summed E-state index contributed by atoms with van der Waals surface area (Å²) in [6.45, 7) is 3.26. The highest BCUT2D eigenvalue weighted by molar-refractivity contribution is 5.00. The minimum absolute atomic E-state index is 0.535. The van der Waals surface area contributed by atoms with Crippen LogP contribution in [0.2, 0.25) is 0 Å². The maximum Gasteiger partial charge on any atom is 0.0732 e. The largest absolute Gasteiger partial charge is 0.377 e. The topological polar surface area (TPSA) is 21.3 Å². The molecule has 0 aromatic heterocycles. The Bertz CT molecular complexity index is 255. The molecule has 0 spiro atoms. The molecule has 1 atom stereocenters. The molecule has 4 saturated carbocycles. The van der Waals surface area contributed by atoms with Crippen LogP contribution < -0.4 is 5.32 Å². The van der Waals surface area contributed by atoms with Gasteiger partial charge in [0.1, 0.15) is 0 Å². The van der Waals surface area contributed by atoms with Gasteiger partial charge >= 0.3 is 0 Å². The van der Waals surface area contributed by atoms with Gasteiger partial charge in [-0.25, -0.2) is 0 Å². The summed E-state index contributed by atoms with van der Waals surface area (Å²) >= 11 is 0. The average Bonchev–Trinajstić information content (AvgIpc) is 2.56. The van der Waals surface area contributed by atoms with Gasteiger partial charge in [-0.1, -0.05) is 0 Å². The molecule has 0 radical (unpaired) electrons. The fourth-order valence-electron chi connectivity index (χ4n) is 5.56. The van der Waals surface area contributed by atoms with Crippen LogP contribution in [0.4, 0.5) is 0 Å². The Hall–Kier alpha value is -0.0800. The van der Waals surface area contributed by atoms with Gasteiger partial charge in [0.2, 0.25) is 0 Å². The van der Waals surface area contributed by atoms with Gasteiger partial charge in [0.05, 0.1) is 6.10 Å². The normalized spacial score (nSPS) is 53.6. The van der Waals surface area contributed by atoms with Crippen LogP contribution in [0, 0.1) is 29.6 Å². The molecule has 1 unspecified atom stereocenters. The molecule has 4 aliphatic carbocycles. The van der Waals surface area contributed by atoms with Crippen LogP contribution in [0.3, 0.4) is 0 Å². The lowest BCUT2D eigenvalue weighted by atomic mass is 9.51. The Kier molecular flexibility index (Phi) is 2.69. The smallest absolute Gasteiger partial charge is 0.0732 e. The van der Waals surface area contributed by atoms with E-state index in [4.69, 9.17) is 4.74 Å². The van der Waals surface area contributed by atoms with E-state index in [0.29, 0.717) is 6.10 Å². The molecule has 2 nitrogen and oxygen atoms in total. The summed E-state index contributed by atoms with van der Waals surface area (Å²) in [6.07, 6.45) is 9.39. The van der Waals surface area contributed by atoms with E-state index >= 15 is 0 Å². The Morgan fingerprint density at radius 2 is 1.59 bits per heavy atom. The van der Waals surface area contributed by atoms with E-state index in [-0.39, 0.29) is 0 Å². The predicted molar refractivity (Wildman–Crippen MR) is 67.8 cm³/mol. The first-order valence-corrected chi connectivity index (χ1v) is 7.72. The first kappa shape index (κ1) is 10.8. The minimum atomic E-state index is 0.535. The lowest BCUT2D eigenvalue weighted by Crippen LogP contribution is -2.51. The van der Waals surface area contributed by atoms with Crippen LogP contribution in [0.5, 0.6) is 0 Å². The Morgan fingerprint density at radius 3 is 2.29 bits per heavy atom. The lowest BCUT2D eigenvalue weighted by molar-refractivity contribution is -0.106. The number of nitrogens with one attached hydrogen (secondary N) is 1. The third-order valence-electron chi connectivity index (χ3n) is 5.90. The van der Waals surface area contributed by atoms with Gasteiger partial charge in [-0.3, -0.25) is 0 Å². The van der Waals surface area contributed by atoms with Gasteiger partial charge in [-0.05, 0) is 74.7 Å². The standard InChI is InChI=1S/C15H25NO/c1-2-16-9-14(17-3-1)15-12-5-10-4-11(7-12)8-13(15)6-10/h10-16H,1-9H2. The van der Waals surface area contributed by atoms with Crippen molar-refractivity contribution in [2.75, 3.05) is 19.7 Å². The second-order valence-electron chi connectivity index (χ2n) is 6.97. The molecule has 0 aromatic rings. The van der Waals surface area contributed by atoms with Crippen molar-refractivity contribution in [3.05, 3.63) is 0 Å². The van der Waals surface area contributed by atoms with Gasteiger partial charge < -0.3 is 10.1 Å². The quantitative estimate of drug-likeness (QED) is 0.754. The Labute approximate surface area is 104 Å². The highest BCUT2D eigenvalue weighted by atomic mass is 16.5. The number of ether oxygens (including phenoxy) is 1. The first-order valence-electron chi connectivity index (χ1n) is 7.72. The maximum absolute atomic E-state index is 6.17. The predicted octanol–water partition coefficient (Wildman–Crippen LogP) is 2.44. The van der Waals surface area contributed by atoms with Crippen LogP contribution in [-0.4, -0.2) is 25.8 Å². The second kappa shape index (κ2) is 4.24. The molecule has 17 heavy (non-hydrogen) atoms. The molecule has 1 N–H and O–H groups in total. The van der Waals surface area contributed by atoms with Crippen molar-refractivity contribution < 1.29 is 4.74 Å². The molecule has 4 bridgehead atoms. The van der Waals surface area contributed by atoms with Crippen molar-refractivity contribution in [2.24, 2.45) is 29.6 Å². The summed E-state index contributed by atoms with van der Waals surface area (Å²) in [5.74, 6) is 5.10. The molecule has 5 rings (SSSR count). The highest BCUT2D eigenvalue weighted by Gasteiger charge is 2.50. The molecule has 96 valence electrons. The summed E-state index contributed by atoms with van der Waals surface area (Å²) in [7, 11) is 0. The molecule has 1 aliphatic heterocycles. The SMILES string of the molecule is C1CNCC(C2C3CC4CC(C3)CC2C4)OC1. The molecule has 0 aromatic carbocycles. The third-order valence-corrected chi connectivity index (χ3v) is 5.90. The minimum Gasteiger partial charge on any atom is -0.377 e. The average molecular weight is 235 g/mol. The highest BCUT2D eigenvalue weighted by Crippen LogP contribution is 2.57. The van der Waals surface area contributed by atoms with E-state index in [1.54, 1.807) is 6.42 Å². The van der Waals surface area contributed by atoms with Crippen molar-refractivity contribution in [2.45, 2.75) is 44.6 Å². The van der Waals surface area contributed by atoms with E-state index in [1.165, 1.54) is 32.1 Å². The van der Waals surface area contributed by atoms with E-state index in [2.05, 4.69) is 5.32 Å². The molecular formula is C15H25NO. The Morgan fingerprint density at radius 1 is 0.882 bits per heavy atom. The van der Waals surface area contributed by atoms with E-state index in [0.717, 1.165) is 49.3 Å². The van der Waals surface area contributed by atoms with Crippen LogP contribution in [0.15, 0.2) is 0 Å². The molecule has 0 amide bonds. The van der Waals surface area contributed by atoms with Gasteiger partial charge in [0.15, 0.2) is 0 Å². The van der Waals surface area contributed by atoms with Crippen molar-refractivity contribution in [1.29, 1.82) is 0 Å². The van der Waals surface area contributed by atoms with Crippen LogP contribution in [-0.2, 0) is 4.74 Å². The van der Waals surface area contributed by atoms with Crippen LogP contribution >= 0.6 is 0 Å². The van der Waals surface area contributed by atoms with Gasteiger partial charge in [-0.2, -0.15) is 0 Å².